The van der Waals surface area contributed by atoms with Gasteiger partial charge >= 0.3 is 5.97 Å². The van der Waals surface area contributed by atoms with Gasteiger partial charge in [-0.1, -0.05) is 22.0 Å². The van der Waals surface area contributed by atoms with Gasteiger partial charge in [-0.05, 0) is 18.2 Å². The maximum absolute atomic E-state index is 12.5. The molecule has 2 N–H and O–H groups in total. The fraction of sp³-hybridized carbons (Fsp3) is 0.286. The number of nitrogens with zero attached hydrogens (tertiary/aromatic N) is 1. The van der Waals surface area contributed by atoms with Gasteiger partial charge in [-0.2, -0.15) is 0 Å². The van der Waals surface area contributed by atoms with Crippen LogP contribution in [0.25, 0.3) is 10.9 Å². The molecule has 1 aliphatic heterocycles. The molecule has 1 amide bonds. The zero-order chi connectivity index (χ0) is 15.0. The number of aromatic amines is 1. The summed E-state index contributed by atoms with van der Waals surface area (Å²) in [6.45, 7) is 0.684. The molecule has 0 aliphatic carbocycles. The number of ether oxygens (including phenoxy) is 1. The number of carbonyl (C=O) groups is 2. The molecule has 1 aromatic carbocycles. The highest BCUT2D eigenvalue weighted by Crippen LogP contribution is 2.21. The molecule has 1 atom stereocenters. The highest BCUT2D eigenvalue weighted by molar-refractivity contribution is 9.10. The first-order valence-electron chi connectivity index (χ1n) is 6.46. The van der Waals surface area contributed by atoms with Crippen LogP contribution in [0.3, 0.4) is 0 Å². The smallest absolute Gasteiger partial charge is 0.334 e. The van der Waals surface area contributed by atoms with Crippen LogP contribution in [0.2, 0.25) is 0 Å². The number of carboxylic acid groups (broad SMARTS) is 1. The number of halogens is 1. The predicted molar refractivity (Wildman–Crippen MR) is 79.3 cm³/mol. The van der Waals surface area contributed by atoms with E-state index in [1.54, 1.807) is 6.07 Å². The third-order valence-electron chi connectivity index (χ3n) is 3.44. The molecular formula is C14H13BrN2O4. The second-order valence-corrected chi connectivity index (χ2v) is 5.78. The Bertz CT molecular complexity index is 712. The zero-order valence-corrected chi connectivity index (χ0v) is 12.6. The summed E-state index contributed by atoms with van der Waals surface area (Å²) in [6.07, 6.45) is -0.957. The molecule has 0 saturated carbocycles. The average Bonchev–Trinajstić information content (AvgIpc) is 2.89. The topological polar surface area (TPSA) is 82.6 Å². The Morgan fingerprint density at radius 1 is 1.38 bits per heavy atom. The molecule has 1 aromatic heterocycles. The number of carbonyl (C=O) groups excluding carboxylic acids is 1. The van der Waals surface area contributed by atoms with Gasteiger partial charge in [-0.15, -0.1) is 0 Å². The first kappa shape index (κ1) is 14.1. The van der Waals surface area contributed by atoms with Crippen LogP contribution < -0.4 is 0 Å². The minimum Gasteiger partial charge on any atom is -0.479 e. The van der Waals surface area contributed by atoms with E-state index >= 15 is 0 Å². The van der Waals surface area contributed by atoms with Gasteiger partial charge in [0.25, 0.3) is 5.91 Å². The van der Waals surface area contributed by atoms with Gasteiger partial charge in [0.15, 0.2) is 6.10 Å². The third kappa shape index (κ3) is 2.79. The lowest BCUT2D eigenvalue weighted by Crippen LogP contribution is -2.48. The van der Waals surface area contributed by atoms with Crippen molar-refractivity contribution in [3.05, 3.63) is 34.4 Å². The summed E-state index contributed by atoms with van der Waals surface area (Å²) in [5.41, 5.74) is 1.31. The van der Waals surface area contributed by atoms with Crippen molar-refractivity contribution in [3.63, 3.8) is 0 Å². The van der Waals surface area contributed by atoms with Crippen molar-refractivity contribution in [1.82, 2.24) is 9.88 Å². The molecule has 1 unspecified atom stereocenters. The normalized spacial score (nSPS) is 18.9. The number of aliphatic carboxylic acids is 1. The van der Waals surface area contributed by atoms with E-state index < -0.39 is 12.1 Å². The predicted octanol–water partition coefficient (Wildman–Crippen LogP) is 1.86. The number of rotatable bonds is 2. The van der Waals surface area contributed by atoms with Gasteiger partial charge in [0.1, 0.15) is 5.69 Å². The van der Waals surface area contributed by atoms with E-state index in [0.717, 1.165) is 15.4 Å². The average molecular weight is 353 g/mol. The summed E-state index contributed by atoms with van der Waals surface area (Å²) in [5.74, 6) is -1.26. The number of hydrogen-bond donors (Lipinski definition) is 2. The standard InChI is InChI=1S/C14H13BrN2O4/c15-9-2-1-8-5-11(16-10(8)6-9)13(18)17-3-4-21-12(7-17)14(19)20/h1-2,5-6,12,16H,3-4,7H2,(H,19,20). The number of benzene rings is 1. The molecule has 110 valence electrons. The Morgan fingerprint density at radius 3 is 2.95 bits per heavy atom. The van der Waals surface area contributed by atoms with Crippen LogP contribution in [0.5, 0.6) is 0 Å². The molecule has 2 heterocycles. The van der Waals surface area contributed by atoms with E-state index in [9.17, 15) is 9.59 Å². The van der Waals surface area contributed by atoms with Crippen LogP contribution in [0.4, 0.5) is 0 Å². The fourth-order valence-electron chi connectivity index (χ4n) is 2.37. The molecule has 21 heavy (non-hydrogen) atoms. The molecule has 0 spiro atoms. The first-order valence-corrected chi connectivity index (χ1v) is 7.26. The molecule has 2 aromatic rings. The number of aromatic nitrogens is 1. The summed E-state index contributed by atoms with van der Waals surface area (Å²) in [5, 5.41) is 9.91. The molecule has 0 bridgehead atoms. The van der Waals surface area contributed by atoms with Gasteiger partial charge in [0, 0.05) is 21.9 Å². The van der Waals surface area contributed by atoms with E-state index in [2.05, 4.69) is 20.9 Å². The third-order valence-corrected chi connectivity index (χ3v) is 3.94. The number of morpholine rings is 1. The van der Waals surface area contributed by atoms with E-state index in [4.69, 9.17) is 9.84 Å². The van der Waals surface area contributed by atoms with Crippen molar-refractivity contribution in [2.75, 3.05) is 19.7 Å². The minimum atomic E-state index is -1.05. The van der Waals surface area contributed by atoms with E-state index in [1.165, 1.54) is 4.90 Å². The van der Waals surface area contributed by atoms with E-state index in [1.807, 2.05) is 18.2 Å². The van der Waals surface area contributed by atoms with Crippen LogP contribution in [-0.2, 0) is 9.53 Å². The van der Waals surface area contributed by atoms with Crippen molar-refractivity contribution in [2.24, 2.45) is 0 Å². The number of amides is 1. The van der Waals surface area contributed by atoms with Gasteiger partial charge in [0.05, 0.1) is 13.2 Å². The number of nitrogens with one attached hydrogen (secondary N) is 1. The fourth-order valence-corrected chi connectivity index (χ4v) is 2.73. The Hall–Kier alpha value is -1.86. The van der Waals surface area contributed by atoms with Crippen LogP contribution in [0.1, 0.15) is 10.5 Å². The zero-order valence-electron chi connectivity index (χ0n) is 11.0. The van der Waals surface area contributed by atoms with Crippen LogP contribution in [0, 0.1) is 0 Å². The number of fused-ring (bicyclic) bond motifs is 1. The van der Waals surface area contributed by atoms with Gasteiger partial charge in [-0.3, -0.25) is 4.79 Å². The van der Waals surface area contributed by atoms with Crippen molar-refractivity contribution < 1.29 is 19.4 Å². The number of carboxylic acids is 1. The lowest BCUT2D eigenvalue weighted by atomic mass is 10.2. The van der Waals surface area contributed by atoms with E-state index in [0.29, 0.717) is 12.2 Å². The lowest BCUT2D eigenvalue weighted by Gasteiger charge is -2.30. The van der Waals surface area contributed by atoms with Crippen LogP contribution >= 0.6 is 15.9 Å². The molecule has 7 heteroatoms. The molecular weight excluding hydrogens is 340 g/mol. The molecule has 1 saturated heterocycles. The Morgan fingerprint density at radius 2 is 2.19 bits per heavy atom. The molecule has 1 fully saturated rings. The Balaban J connectivity index is 1.84. The summed E-state index contributed by atoms with van der Waals surface area (Å²) in [6, 6.07) is 7.48. The van der Waals surface area contributed by atoms with Gasteiger partial charge in [-0.25, -0.2) is 4.79 Å². The molecule has 3 rings (SSSR count). The second-order valence-electron chi connectivity index (χ2n) is 4.86. The van der Waals surface area contributed by atoms with Crippen molar-refractivity contribution in [1.29, 1.82) is 0 Å². The summed E-state index contributed by atoms with van der Waals surface area (Å²) >= 11 is 3.38. The molecule has 0 radical (unpaired) electrons. The van der Waals surface area contributed by atoms with Crippen molar-refractivity contribution >= 4 is 38.7 Å². The maximum Gasteiger partial charge on any atom is 0.334 e. The van der Waals surface area contributed by atoms with Gasteiger partial charge in [0.2, 0.25) is 0 Å². The summed E-state index contributed by atoms with van der Waals surface area (Å²) < 4.78 is 6.04. The van der Waals surface area contributed by atoms with Gasteiger partial charge < -0.3 is 19.7 Å². The Kier molecular flexibility index (Phi) is 3.69. The van der Waals surface area contributed by atoms with Crippen molar-refractivity contribution in [2.45, 2.75) is 6.10 Å². The molecule has 6 nitrogen and oxygen atoms in total. The van der Waals surface area contributed by atoms with E-state index in [-0.39, 0.29) is 19.1 Å². The van der Waals surface area contributed by atoms with Crippen molar-refractivity contribution in [3.8, 4) is 0 Å². The number of hydrogen-bond acceptors (Lipinski definition) is 3. The maximum atomic E-state index is 12.5. The van der Waals surface area contributed by atoms with Crippen LogP contribution in [0.15, 0.2) is 28.7 Å². The quantitative estimate of drug-likeness (QED) is 0.863. The monoisotopic (exact) mass is 352 g/mol. The Labute approximate surface area is 128 Å². The highest BCUT2D eigenvalue weighted by atomic mass is 79.9. The second kappa shape index (κ2) is 5.50. The number of H-pyrrole nitrogens is 1. The largest absolute Gasteiger partial charge is 0.479 e. The minimum absolute atomic E-state index is 0.0627. The SMILES string of the molecule is O=C(O)C1CN(C(=O)c2cc3ccc(Br)cc3[nH]2)CCO1. The van der Waals surface area contributed by atoms with Crippen LogP contribution in [-0.4, -0.2) is 52.7 Å². The first-order chi connectivity index (χ1) is 10.0. The highest BCUT2D eigenvalue weighted by Gasteiger charge is 2.30. The lowest BCUT2D eigenvalue weighted by molar-refractivity contribution is -0.154. The molecule has 1 aliphatic rings. The summed E-state index contributed by atoms with van der Waals surface area (Å²) in [7, 11) is 0. The summed E-state index contributed by atoms with van der Waals surface area (Å²) in [4.78, 5) is 28.0.